The van der Waals surface area contributed by atoms with Crippen LogP contribution in [0.4, 0.5) is 0 Å². The first-order chi connectivity index (χ1) is 16.1. The monoisotopic (exact) mass is 465 g/mol. The number of aromatic nitrogens is 4. The number of rotatable bonds is 8. The Kier molecular flexibility index (Phi) is 7.65. The molecule has 4 rings (SSSR count). The van der Waals surface area contributed by atoms with E-state index in [1.54, 1.807) is 12.4 Å². The summed E-state index contributed by atoms with van der Waals surface area (Å²) in [6.07, 6.45) is 7.87. The van der Waals surface area contributed by atoms with Crippen LogP contribution >= 0.6 is 11.8 Å². The van der Waals surface area contributed by atoms with Crippen molar-refractivity contribution in [3.05, 3.63) is 48.8 Å². The van der Waals surface area contributed by atoms with Crippen molar-refractivity contribution in [2.75, 3.05) is 13.2 Å². The Bertz CT molecular complexity index is 1050. The Hall–Kier alpha value is -2.87. The van der Waals surface area contributed by atoms with Gasteiger partial charge in [0.2, 0.25) is 5.91 Å². The molecule has 1 aliphatic rings. The third-order valence-corrected chi connectivity index (χ3v) is 7.00. The molecule has 1 aromatic carbocycles. The van der Waals surface area contributed by atoms with E-state index in [9.17, 15) is 4.79 Å². The van der Waals surface area contributed by atoms with E-state index in [1.165, 1.54) is 18.2 Å². The number of likely N-dealkylation sites (tertiary alicyclic amines) is 1. The maximum absolute atomic E-state index is 13.3. The van der Waals surface area contributed by atoms with Gasteiger partial charge in [-0.3, -0.25) is 14.3 Å². The zero-order valence-electron chi connectivity index (χ0n) is 19.5. The lowest BCUT2D eigenvalue weighted by atomic mass is 10.00. The second-order valence-corrected chi connectivity index (χ2v) is 9.47. The molecule has 1 fully saturated rings. The third-order valence-electron chi connectivity index (χ3n) is 5.97. The standard InChI is InChI=1S/C25H31N5O2S/c1-4-20-10-6-7-16-29(20)24(31)18(3)33-25-28-27-23(19-9-8-15-26-17-19)30(25)21-11-13-22(14-12-21)32-5-2/h8-9,11-15,17-18,20H,4-7,10,16H2,1-3H3. The lowest BCUT2D eigenvalue weighted by molar-refractivity contribution is -0.134. The van der Waals surface area contributed by atoms with E-state index >= 15 is 0 Å². The number of carbonyl (C=O) groups excluding carboxylic acids is 1. The number of piperidine rings is 1. The number of pyridine rings is 1. The molecule has 2 unspecified atom stereocenters. The van der Waals surface area contributed by atoms with Gasteiger partial charge in [-0.25, -0.2) is 0 Å². The van der Waals surface area contributed by atoms with Gasteiger partial charge in [0.15, 0.2) is 11.0 Å². The van der Waals surface area contributed by atoms with Crippen molar-refractivity contribution in [2.24, 2.45) is 0 Å². The minimum atomic E-state index is -0.260. The summed E-state index contributed by atoms with van der Waals surface area (Å²) >= 11 is 1.46. The van der Waals surface area contributed by atoms with E-state index in [4.69, 9.17) is 4.74 Å². The minimum Gasteiger partial charge on any atom is -0.494 e. The fourth-order valence-corrected chi connectivity index (χ4v) is 5.21. The molecular weight excluding hydrogens is 434 g/mol. The van der Waals surface area contributed by atoms with E-state index < -0.39 is 0 Å². The van der Waals surface area contributed by atoms with Gasteiger partial charge in [-0.15, -0.1) is 10.2 Å². The van der Waals surface area contributed by atoms with E-state index in [2.05, 4.69) is 27.0 Å². The van der Waals surface area contributed by atoms with E-state index in [0.29, 0.717) is 23.6 Å². The summed E-state index contributed by atoms with van der Waals surface area (Å²) in [7, 11) is 0. The Labute approximate surface area is 199 Å². The second kappa shape index (κ2) is 10.8. The molecule has 0 saturated carbocycles. The van der Waals surface area contributed by atoms with Gasteiger partial charge >= 0.3 is 0 Å². The van der Waals surface area contributed by atoms with Crippen LogP contribution in [0.25, 0.3) is 17.1 Å². The molecule has 0 N–H and O–H groups in total. The van der Waals surface area contributed by atoms with Crippen LogP contribution in [0.3, 0.4) is 0 Å². The van der Waals surface area contributed by atoms with Crippen molar-refractivity contribution in [1.29, 1.82) is 0 Å². The average Bonchev–Trinajstić information content (AvgIpc) is 3.28. The number of hydrogen-bond donors (Lipinski definition) is 0. The number of hydrogen-bond acceptors (Lipinski definition) is 6. The van der Waals surface area contributed by atoms with Crippen LogP contribution in [-0.4, -0.2) is 55.0 Å². The summed E-state index contributed by atoms with van der Waals surface area (Å²) < 4.78 is 7.60. The van der Waals surface area contributed by atoms with Crippen LogP contribution in [0.1, 0.15) is 46.5 Å². The number of thioether (sulfide) groups is 1. The lowest BCUT2D eigenvalue weighted by Crippen LogP contribution is -2.46. The van der Waals surface area contributed by atoms with Crippen LogP contribution in [-0.2, 0) is 4.79 Å². The zero-order chi connectivity index (χ0) is 23.2. The fraction of sp³-hybridized carbons (Fsp3) is 0.440. The molecule has 1 amide bonds. The summed E-state index contributed by atoms with van der Waals surface area (Å²) in [6.45, 7) is 7.55. The maximum atomic E-state index is 13.3. The number of nitrogens with zero attached hydrogens (tertiary/aromatic N) is 5. The number of carbonyl (C=O) groups is 1. The van der Waals surface area contributed by atoms with E-state index in [-0.39, 0.29) is 11.2 Å². The summed E-state index contributed by atoms with van der Waals surface area (Å²) in [4.78, 5) is 19.6. The molecule has 0 aliphatic carbocycles. The fourth-order valence-electron chi connectivity index (χ4n) is 4.28. The third kappa shape index (κ3) is 5.21. The van der Waals surface area contributed by atoms with Crippen molar-refractivity contribution in [3.63, 3.8) is 0 Å². The largest absolute Gasteiger partial charge is 0.494 e. The predicted molar refractivity (Wildman–Crippen MR) is 131 cm³/mol. The van der Waals surface area contributed by atoms with Gasteiger partial charge in [0.05, 0.1) is 11.9 Å². The van der Waals surface area contributed by atoms with Gasteiger partial charge < -0.3 is 9.64 Å². The molecular formula is C25H31N5O2S. The van der Waals surface area contributed by atoms with Crippen LogP contribution in [0.15, 0.2) is 53.9 Å². The van der Waals surface area contributed by atoms with Gasteiger partial charge in [0.1, 0.15) is 5.75 Å². The molecule has 2 atom stereocenters. The summed E-state index contributed by atoms with van der Waals surface area (Å²) in [5.41, 5.74) is 1.78. The van der Waals surface area contributed by atoms with Crippen LogP contribution < -0.4 is 4.74 Å². The Morgan fingerprint density at radius 2 is 2.00 bits per heavy atom. The SMILES string of the molecule is CCOc1ccc(-n2c(SC(C)C(=O)N3CCCCC3CC)nnc2-c2cccnc2)cc1. The van der Waals surface area contributed by atoms with Crippen molar-refractivity contribution < 1.29 is 9.53 Å². The molecule has 174 valence electrons. The predicted octanol–water partition coefficient (Wildman–Crippen LogP) is 5.00. The molecule has 1 aliphatic heterocycles. The maximum Gasteiger partial charge on any atom is 0.236 e. The Morgan fingerprint density at radius 3 is 2.70 bits per heavy atom. The van der Waals surface area contributed by atoms with Gasteiger partial charge in [-0.2, -0.15) is 0 Å². The molecule has 1 saturated heterocycles. The first kappa shape index (κ1) is 23.3. The first-order valence-corrected chi connectivity index (χ1v) is 12.6. The smallest absolute Gasteiger partial charge is 0.236 e. The van der Waals surface area contributed by atoms with Gasteiger partial charge in [-0.05, 0) is 75.9 Å². The number of benzene rings is 1. The summed E-state index contributed by atoms with van der Waals surface area (Å²) in [5.74, 6) is 1.68. The average molecular weight is 466 g/mol. The number of amides is 1. The Balaban J connectivity index is 1.65. The van der Waals surface area contributed by atoms with Gasteiger partial charge in [0.25, 0.3) is 0 Å². The second-order valence-electron chi connectivity index (χ2n) is 8.16. The first-order valence-electron chi connectivity index (χ1n) is 11.7. The highest BCUT2D eigenvalue weighted by Crippen LogP contribution is 2.32. The highest BCUT2D eigenvalue weighted by atomic mass is 32.2. The summed E-state index contributed by atoms with van der Waals surface area (Å²) in [5, 5.41) is 9.38. The van der Waals surface area contributed by atoms with E-state index in [0.717, 1.165) is 42.8 Å². The normalized spacial score (nSPS) is 17.1. The topological polar surface area (TPSA) is 73.1 Å². The molecule has 3 aromatic rings. The van der Waals surface area contributed by atoms with Crippen molar-refractivity contribution in [3.8, 4) is 22.8 Å². The highest BCUT2D eigenvalue weighted by molar-refractivity contribution is 8.00. The summed E-state index contributed by atoms with van der Waals surface area (Å²) in [6, 6.07) is 12.0. The number of ether oxygens (including phenoxy) is 1. The molecule has 0 bridgehead atoms. The molecule has 7 nitrogen and oxygen atoms in total. The van der Waals surface area contributed by atoms with Gasteiger partial charge in [0, 0.05) is 36.2 Å². The molecule has 33 heavy (non-hydrogen) atoms. The van der Waals surface area contributed by atoms with E-state index in [1.807, 2.05) is 54.8 Å². The van der Waals surface area contributed by atoms with Crippen molar-refractivity contribution >= 4 is 17.7 Å². The van der Waals surface area contributed by atoms with Crippen molar-refractivity contribution in [2.45, 2.75) is 62.9 Å². The van der Waals surface area contributed by atoms with Crippen LogP contribution in [0.2, 0.25) is 0 Å². The van der Waals surface area contributed by atoms with Crippen LogP contribution in [0.5, 0.6) is 5.75 Å². The highest BCUT2D eigenvalue weighted by Gasteiger charge is 2.30. The van der Waals surface area contributed by atoms with Crippen molar-refractivity contribution in [1.82, 2.24) is 24.6 Å². The van der Waals surface area contributed by atoms with Gasteiger partial charge in [-0.1, -0.05) is 18.7 Å². The quantitative estimate of drug-likeness (QED) is 0.436. The molecule has 0 radical (unpaired) electrons. The molecule has 3 heterocycles. The molecule has 2 aromatic heterocycles. The Morgan fingerprint density at radius 1 is 1.18 bits per heavy atom. The molecule has 0 spiro atoms. The minimum absolute atomic E-state index is 0.177. The van der Waals surface area contributed by atoms with Crippen LogP contribution in [0, 0.1) is 0 Å². The zero-order valence-corrected chi connectivity index (χ0v) is 20.3. The molecule has 8 heteroatoms. The lowest BCUT2D eigenvalue weighted by Gasteiger charge is -2.36.